The van der Waals surface area contributed by atoms with Gasteiger partial charge in [-0.25, -0.2) is 4.39 Å². The third kappa shape index (κ3) is 4.79. The van der Waals surface area contributed by atoms with Gasteiger partial charge in [0.2, 0.25) is 0 Å². The lowest BCUT2D eigenvalue weighted by Crippen LogP contribution is -2.47. The van der Waals surface area contributed by atoms with E-state index in [9.17, 15) is 9.18 Å². The molecule has 1 aliphatic heterocycles. The molecule has 4 nitrogen and oxygen atoms in total. The van der Waals surface area contributed by atoms with Crippen LogP contribution < -0.4 is 0 Å². The maximum atomic E-state index is 13.1. The van der Waals surface area contributed by atoms with E-state index in [-0.39, 0.29) is 23.9 Å². The van der Waals surface area contributed by atoms with Gasteiger partial charge in [0.1, 0.15) is 18.0 Å². The van der Waals surface area contributed by atoms with Gasteiger partial charge in [-0.05, 0) is 43.4 Å². The van der Waals surface area contributed by atoms with Crippen LogP contribution in [0.1, 0.15) is 51.2 Å². The molecular formula is C20H28FNO3. The highest BCUT2D eigenvalue weighted by Gasteiger charge is 2.30. The van der Waals surface area contributed by atoms with Crippen molar-refractivity contribution in [3.63, 3.8) is 0 Å². The molecule has 5 heteroatoms. The van der Waals surface area contributed by atoms with Gasteiger partial charge in [0.05, 0.1) is 19.3 Å². The Morgan fingerprint density at radius 2 is 2.08 bits per heavy atom. The number of amides is 1. The molecule has 0 N–H and O–H groups in total. The van der Waals surface area contributed by atoms with Crippen LogP contribution in [0, 0.1) is 11.7 Å². The molecule has 138 valence electrons. The number of halogens is 1. The summed E-state index contributed by atoms with van der Waals surface area (Å²) in [6.45, 7) is 5.65. The van der Waals surface area contributed by atoms with E-state index in [0.717, 1.165) is 18.4 Å². The Kier molecular flexibility index (Phi) is 6.07. The molecule has 25 heavy (non-hydrogen) atoms. The number of rotatable bonds is 4. The summed E-state index contributed by atoms with van der Waals surface area (Å²) in [4.78, 5) is 14.6. The summed E-state index contributed by atoms with van der Waals surface area (Å²) in [5.74, 6) is 0.428. The molecule has 1 aliphatic carbocycles. The van der Waals surface area contributed by atoms with E-state index in [4.69, 9.17) is 9.47 Å². The Balaban J connectivity index is 1.56. The van der Waals surface area contributed by atoms with Crippen LogP contribution in [0.25, 0.3) is 0 Å². The Bertz CT molecular complexity index is 577. The second kappa shape index (κ2) is 8.28. The number of carbonyl (C=O) groups is 1. The van der Waals surface area contributed by atoms with Gasteiger partial charge < -0.3 is 14.4 Å². The summed E-state index contributed by atoms with van der Waals surface area (Å²) in [5.41, 5.74) is 0.897. The number of benzene rings is 1. The average Bonchev–Trinajstić information content (AvgIpc) is 2.62. The van der Waals surface area contributed by atoms with Crippen LogP contribution in [-0.4, -0.2) is 42.7 Å². The molecule has 2 fully saturated rings. The highest BCUT2D eigenvalue weighted by atomic mass is 19.1. The number of ether oxygens (including phenoxy) is 2. The fourth-order valence-electron chi connectivity index (χ4n) is 3.83. The van der Waals surface area contributed by atoms with Crippen LogP contribution in [0.4, 0.5) is 4.39 Å². The van der Waals surface area contributed by atoms with Gasteiger partial charge in [-0.1, -0.05) is 31.9 Å². The Morgan fingerprint density at radius 1 is 1.32 bits per heavy atom. The summed E-state index contributed by atoms with van der Waals surface area (Å²) in [5, 5.41) is 0. The van der Waals surface area contributed by atoms with Gasteiger partial charge in [-0.2, -0.15) is 0 Å². The van der Waals surface area contributed by atoms with E-state index in [2.05, 4.69) is 6.92 Å². The minimum Gasteiger partial charge on any atom is -0.370 e. The van der Waals surface area contributed by atoms with E-state index < -0.39 is 6.10 Å². The number of nitrogens with zero attached hydrogens (tertiary/aromatic N) is 1. The van der Waals surface area contributed by atoms with Crippen molar-refractivity contribution in [2.75, 3.05) is 19.7 Å². The molecule has 4 unspecified atom stereocenters. The topological polar surface area (TPSA) is 38.8 Å². The molecule has 1 amide bonds. The van der Waals surface area contributed by atoms with Crippen LogP contribution in [-0.2, 0) is 14.3 Å². The molecule has 4 atom stereocenters. The van der Waals surface area contributed by atoms with Crippen molar-refractivity contribution in [3.05, 3.63) is 35.6 Å². The zero-order chi connectivity index (χ0) is 17.8. The first-order chi connectivity index (χ1) is 12.0. The normalized spacial score (nSPS) is 28.6. The molecule has 0 radical (unpaired) electrons. The first kappa shape index (κ1) is 18.3. The maximum absolute atomic E-state index is 13.1. The van der Waals surface area contributed by atoms with Crippen LogP contribution >= 0.6 is 0 Å². The maximum Gasteiger partial charge on any atom is 0.251 e. The van der Waals surface area contributed by atoms with Crippen LogP contribution in [0.2, 0.25) is 0 Å². The molecule has 0 spiro atoms. The Labute approximate surface area is 149 Å². The largest absolute Gasteiger partial charge is 0.370 e. The van der Waals surface area contributed by atoms with Gasteiger partial charge in [0, 0.05) is 6.54 Å². The minimum atomic E-state index is -0.428. The second-order valence-electron chi connectivity index (χ2n) is 7.37. The number of hydrogen-bond acceptors (Lipinski definition) is 3. The lowest BCUT2D eigenvalue weighted by Gasteiger charge is -2.36. The van der Waals surface area contributed by atoms with Crippen molar-refractivity contribution in [1.29, 1.82) is 0 Å². The van der Waals surface area contributed by atoms with Gasteiger partial charge in [0.25, 0.3) is 5.91 Å². The highest BCUT2D eigenvalue weighted by molar-refractivity contribution is 5.80. The summed E-state index contributed by atoms with van der Waals surface area (Å²) >= 11 is 0. The van der Waals surface area contributed by atoms with E-state index >= 15 is 0 Å². The number of morpholine rings is 1. The zero-order valence-electron chi connectivity index (χ0n) is 15.1. The molecule has 1 aromatic rings. The van der Waals surface area contributed by atoms with Gasteiger partial charge in [-0.15, -0.1) is 0 Å². The standard InChI is InChI=1S/C20H28FNO3/c1-14-4-3-5-18(12-14)25-15(2)20(23)22-10-11-24-19(13-22)16-6-8-17(21)9-7-16/h6-9,14-15,18-19H,3-5,10-13H2,1-2H3. The Hall–Kier alpha value is -1.46. The molecule has 2 aliphatic rings. The molecule has 1 aromatic carbocycles. The van der Waals surface area contributed by atoms with Crippen molar-refractivity contribution in [2.45, 2.75) is 57.8 Å². The molecule has 3 rings (SSSR count). The van der Waals surface area contributed by atoms with Crippen LogP contribution in [0.3, 0.4) is 0 Å². The van der Waals surface area contributed by atoms with Crippen molar-refractivity contribution in [3.8, 4) is 0 Å². The van der Waals surface area contributed by atoms with E-state index in [1.165, 1.54) is 25.0 Å². The van der Waals surface area contributed by atoms with Crippen molar-refractivity contribution < 1.29 is 18.7 Å². The quantitative estimate of drug-likeness (QED) is 0.832. The SMILES string of the molecule is CC1CCCC(OC(C)C(=O)N2CCOC(c3ccc(F)cc3)C2)C1. The highest BCUT2D eigenvalue weighted by Crippen LogP contribution is 2.27. The second-order valence-corrected chi connectivity index (χ2v) is 7.37. The summed E-state index contributed by atoms with van der Waals surface area (Å²) in [6.07, 6.45) is 4.07. The fourth-order valence-corrected chi connectivity index (χ4v) is 3.83. The summed E-state index contributed by atoms with van der Waals surface area (Å²) in [7, 11) is 0. The molecule has 1 saturated heterocycles. The minimum absolute atomic E-state index is 0.0219. The Morgan fingerprint density at radius 3 is 2.80 bits per heavy atom. The number of hydrogen-bond donors (Lipinski definition) is 0. The zero-order valence-corrected chi connectivity index (χ0v) is 15.1. The van der Waals surface area contributed by atoms with Gasteiger partial charge in [0.15, 0.2) is 0 Å². The predicted octanol–water partition coefficient (Wildman–Crippen LogP) is 3.71. The van der Waals surface area contributed by atoms with Gasteiger partial charge in [-0.3, -0.25) is 4.79 Å². The van der Waals surface area contributed by atoms with Crippen molar-refractivity contribution in [2.24, 2.45) is 5.92 Å². The monoisotopic (exact) mass is 349 g/mol. The van der Waals surface area contributed by atoms with E-state index in [1.54, 1.807) is 12.1 Å². The fraction of sp³-hybridized carbons (Fsp3) is 0.650. The van der Waals surface area contributed by atoms with Crippen molar-refractivity contribution >= 4 is 5.91 Å². The third-order valence-electron chi connectivity index (χ3n) is 5.25. The number of carbonyl (C=O) groups excluding carboxylic acids is 1. The third-order valence-corrected chi connectivity index (χ3v) is 5.25. The van der Waals surface area contributed by atoms with Crippen LogP contribution in [0.15, 0.2) is 24.3 Å². The molecule has 1 saturated carbocycles. The van der Waals surface area contributed by atoms with Gasteiger partial charge >= 0.3 is 0 Å². The van der Waals surface area contributed by atoms with E-state index in [0.29, 0.717) is 25.6 Å². The predicted molar refractivity (Wildman–Crippen MR) is 93.6 cm³/mol. The molecule has 0 aromatic heterocycles. The lowest BCUT2D eigenvalue weighted by atomic mass is 9.88. The summed E-state index contributed by atoms with van der Waals surface area (Å²) in [6, 6.07) is 6.29. The van der Waals surface area contributed by atoms with Crippen molar-refractivity contribution in [1.82, 2.24) is 4.90 Å². The summed E-state index contributed by atoms with van der Waals surface area (Å²) < 4.78 is 24.9. The van der Waals surface area contributed by atoms with E-state index in [1.807, 2.05) is 11.8 Å². The average molecular weight is 349 g/mol. The molecule has 1 heterocycles. The molecular weight excluding hydrogens is 321 g/mol. The smallest absolute Gasteiger partial charge is 0.251 e. The molecule has 0 bridgehead atoms. The first-order valence-corrected chi connectivity index (χ1v) is 9.34. The lowest BCUT2D eigenvalue weighted by molar-refractivity contribution is -0.155. The van der Waals surface area contributed by atoms with Crippen LogP contribution in [0.5, 0.6) is 0 Å². The first-order valence-electron chi connectivity index (χ1n) is 9.34.